The van der Waals surface area contributed by atoms with Crippen molar-refractivity contribution in [2.75, 3.05) is 62.6 Å². The van der Waals surface area contributed by atoms with E-state index in [0.717, 1.165) is 86.8 Å². The summed E-state index contributed by atoms with van der Waals surface area (Å²) < 4.78 is 5.82. The molecule has 0 radical (unpaired) electrons. The van der Waals surface area contributed by atoms with E-state index in [1.165, 1.54) is 12.1 Å². The molecule has 3 aliphatic rings. The molecule has 3 fully saturated rings. The number of carbonyl (C=O) groups excluding carboxylic acids is 1. The van der Waals surface area contributed by atoms with Crippen molar-refractivity contribution in [1.82, 2.24) is 25.2 Å². The molecule has 2 aromatic heterocycles. The standard InChI is InChI=1S/C27H33N7O2/c35-27(20-2-1-3-20)34-13-11-33(12-14-34)21-6-4-19(5-7-21)23-16-24-25(30-9-8-29-24)26(32-23)31-18-22-17-28-10-15-36-22/h4-9,16,20,22,28H,1-3,10-15,17-18H2,(H,31,32)/t22-/m0/s1. The summed E-state index contributed by atoms with van der Waals surface area (Å²) in [7, 11) is 0. The Bertz CT molecular complexity index is 1200. The van der Waals surface area contributed by atoms with Crippen LogP contribution in [0, 0.1) is 5.92 Å². The fraction of sp³-hybridized carbons (Fsp3) is 0.481. The van der Waals surface area contributed by atoms with Gasteiger partial charge >= 0.3 is 0 Å². The molecule has 1 aliphatic carbocycles. The van der Waals surface area contributed by atoms with Crippen LogP contribution in [0.2, 0.25) is 0 Å². The number of morpholine rings is 1. The largest absolute Gasteiger partial charge is 0.374 e. The Morgan fingerprint density at radius 1 is 1.08 bits per heavy atom. The van der Waals surface area contributed by atoms with Crippen LogP contribution >= 0.6 is 0 Å². The number of amides is 1. The van der Waals surface area contributed by atoms with Crippen molar-refractivity contribution in [3.8, 4) is 11.3 Å². The molecule has 1 aromatic carbocycles. The van der Waals surface area contributed by atoms with Gasteiger partial charge in [-0.15, -0.1) is 0 Å². The van der Waals surface area contributed by atoms with E-state index in [2.05, 4.69) is 54.7 Å². The normalized spacial score (nSPS) is 20.8. The zero-order chi connectivity index (χ0) is 24.3. The molecule has 188 valence electrons. The number of nitrogens with zero attached hydrogens (tertiary/aromatic N) is 5. The number of rotatable bonds is 6. The van der Waals surface area contributed by atoms with E-state index >= 15 is 0 Å². The van der Waals surface area contributed by atoms with E-state index in [9.17, 15) is 4.79 Å². The van der Waals surface area contributed by atoms with E-state index in [4.69, 9.17) is 9.72 Å². The van der Waals surface area contributed by atoms with Gasteiger partial charge < -0.3 is 25.2 Å². The average molecular weight is 488 g/mol. The van der Waals surface area contributed by atoms with E-state index in [-0.39, 0.29) is 12.0 Å². The maximum atomic E-state index is 12.6. The summed E-state index contributed by atoms with van der Waals surface area (Å²) in [6.45, 7) is 6.43. The zero-order valence-electron chi connectivity index (χ0n) is 20.5. The molecule has 9 nitrogen and oxygen atoms in total. The molecule has 2 aliphatic heterocycles. The maximum Gasteiger partial charge on any atom is 0.225 e. The van der Waals surface area contributed by atoms with Gasteiger partial charge in [-0.2, -0.15) is 0 Å². The molecule has 3 aromatic rings. The fourth-order valence-electron chi connectivity index (χ4n) is 5.15. The van der Waals surface area contributed by atoms with Gasteiger partial charge in [-0.1, -0.05) is 18.6 Å². The highest BCUT2D eigenvalue weighted by Crippen LogP contribution is 2.30. The third kappa shape index (κ3) is 4.85. The van der Waals surface area contributed by atoms with Crippen LogP contribution in [0.15, 0.2) is 42.7 Å². The number of hydrogen-bond acceptors (Lipinski definition) is 8. The van der Waals surface area contributed by atoms with Gasteiger partial charge in [-0.05, 0) is 31.0 Å². The molecular weight excluding hydrogens is 454 g/mol. The highest BCUT2D eigenvalue weighted by molar-refractivity contribution is 5.88. The van der Waals surface area contributed by atoms with E-state index in [1.54, 1.807) is 12.4 Å². The summed E-state index contributed by atoms with van der Waals surface area (Å²) in [5, 5.41) is 6.80. The number of hydrogen-bond donors (Lipinski definition) is 2. The first-order valence-electron chi connectivity index (χ1n) is 13.1. The van der Waals surface area contributed by atoms with E-state index < -0.39 is 0 Å². The second-order valence-electron chi connectivity index (χ2n) is 9.85. The van der Waals surface area contributed by atoms with Gasteiger partial charge in [0.25, 0.3) is 0 Å². The molecular formula is C27H33N7O2. The molecule has 2 N–H and O–H groups in total. The van der Waals surface area contributed by atoms with Crippen molar-refractivity contribution in [2.24, 2.45) is 5.92 Å². The molecule has 0 unspecified atom stereocenters. The summed E-state index contributed by atoms with van der Waals surface area (Å²) in [6, 6.07) is 10.5. The third-order valence-corrected chi connectivity index (χ3v) is 7.53. The van der Waals surface area contributed by atoms with Crippen LogP contribution in [0.5, 0.6) is 0 Å². The van der Waals surface area contributed by atoms with Gasteiger partial charge in [0.1, 0.15) is 5.52 Å². The Balaban J connectivity index is 1.16. The first kappa shape index (κ1) is 23.1. The molecule has 2 saturated heterocycles. The quantitative estimate of drug-likeness (QED) is 0.548. The highest BCUT2D eigenvalue weighted by Gasteiger charge is 2.31. The molecule has 1 saturated carbocycles. The molecule has 0 bridgehead atoms. The van der Waals surface area contributed by atoms with E-state index in [1.807, 2.05) is 6.07 Å². The second kappa shape index (κ2) is 10.4. The Morgan fingerprint density at radius 3 is 2.61 bits per heavy atom. The highest BCUT2D eigenvalue weighted by atomic mass is 16.5. The van der Waals surface area contributed by atoms with Crippen LogP contribution in [-0.2, 0) is 9.53 Å². The summed E-state index contributed by atoms with van der Waals surface area (Å²) >= 11 is 0. The summed E-state index contributed by atoms with van der Waals surface area (Å²) in [6.07, 6.45) is 6.84. The molecule has 0 spiro atoms. The van der Waals surface area contributed by atoms with E-state index in [0.29, 0.717) is 12.5 Å². The number of nitrogens with one attached hydrogen (secondary N) is 2. The molecule has 36 heavy (non-hydrogen) atoms. The number of ether oxygens (including phenoxy) is 1. The minimum Gasteiger partial charge on any atom is -0.374 e. The van der Waals surface area contributed by atoms with Crippen molar-refractivity contribution < 1.29 is 9.53 Å². The van der Waals surface area contributed by atoms with Crippen molar-refractivity contribution in [3.63, 3.8) is 0 Å². The SMILES string of the molecule is O=C(C1CCC1)N1CCN(c2ccc(-c3cc4nccnc4c(NC[C@@H]4CNCCO4)n3)cc2)CC1. The number of anilines is 2. The van der Waals surface area contributed by atoms with Crippen molar-refractivity contribution in [2.45, 2.75) is 25.4 Å². The number of aromatic nitrogens is 3. The van der Waals surface area contributed by atoms with Crippen molar-refractivity contribution in [1.29, 1.82) is 0 Å². The predicted molar refractivity (Wildman–Crippen MR) is 140 cm³/mol. The molecule has 1 amide bonds. The van der Waals surface area contributed by atoms with Gasteiger partial charge in [0.05, 0.1) is 23.9 Å². The maximum absolute atomic E-state index is 12.6. The van der Waals surface area contributed by atoms with Crippen LogP contribution in [0.4, 0.5) is 11.5 Å². The lowest BCUT2D eigenvalue weighted by Gasteiger charge is -2.39. The topological polar surface area (TPSA) is 95.5 Å². The lowest BCUT2D eigenvalue weighted by Crippen LogP contribution is -2.51. The number of carbonyl (C=O) groups is 1. The first-order chi connectivity index (χ1) is 17.7. The number of fused-ring (bicyclic) bond motifs is 1. The Morgan fingerprint density at radius 2 is 1.89 bits per heavy atom. The number of piperazine rings is 1. The van der Waals surface area contributed by atoms with Crippen LogP contribution in [-0.4, -0.2) is 84.3 Å². The second-order valence-corrected chi connectivity index (χ2v) is 9.85. The van der Waals surface area contributed by atoms with Gasteiger partial charge in [0.2, 0.25) is 5.91 Å². The Labute approximate surface area is 211 Å². The van der Waals surface area contributed by atoms with Crippen LogP contribution in [0.1, 0.15) is 19.3 Å². The summed E-state index contributed by atoms with van der Waals surface area (Å²) in [5.74, 6) is 1.36. The van der Waals surface area contributed by atoms with Crippen LogP contribution in [0.3, 0.4) is 0 Å². The van der Waals surface area contributed by atoms with Crippen molar-refractivity contribution >= 4 is 28.4 Å². The molecule has 1 atom stereocenters. The summed E-state index contributed by atoms with van der Waals surface area (Å²) in [5.41, 5.74) is 4.63. The average Bonchev–Trinajstić information content (AvgIpc) is 2.91. The third-order valence-electron chi connectivity index (χ3n) is 7.53. The van der Waals surface area contributed by atoms with Gasteiger partial charge in [-0.25, -0.2) is 9.97 Å². The minimum atomic E-state index is 0.0969. The van der Waals surface area contributed by atoms with Crippen molar-refractivity contribution in [3.05, 3.63) is 42.7 Å². The smallest absolute Gasteiger partial charge is 0.225 e. The molecule has 4 heterocycles. The Kier molecular flexibility index (Phi) is 6.65. The minimum absolute atomic E-state index is 0.0969. The summed E-state index contributed by atoms with van der Waals surface area (Å²) in [4.78, 5) is 30.9. The lowest BCUT2D eigenvalue weighted by molar-refractivity contribution is -0.138. The number of pyridine rings is 1. The number of benzene rings is 1. The monoisotopic (exact) mass is 487 g/mol. The fourth-order valence-corrected chi connectivity index (χ4v) is 5.15. The van der Waals surface area contributed by atoms with Gasteiger partial charge in [0.15, 0.2) is 5.82 Å². The Hall–Kier alpha value is -3.30. The molecule has 9 heteroatoms. The predicted octanol–water partition coefficient (Wildman–Crippen LogP) is 2.54. The van der Waals surface area contributed by atoms with Crippen LogP contribution < -0.4 is 15.5 Å². The van der Waals surface area contributed by atoms with Crippen LogP contribution in [0.25, 0.3) is 22.3 Å². The zero-order valence-corrected chi connectivity index (χ0v) is 20.5. The lowest BCUT2D eigenvalue weighted by atomic mass is 9.84. The molecule has 6 rings (SSSR count). The van der Waals surface area contributed by atoms with Gasteiger partial charge in [0, 0.05) is 75.4 Å². The van der Waals surface area contributed by atoms with Gasteiger partial charge in [-0.3, -0.25) is 9.78 Å². The first-order valence-corrected chi connectivity index (χ1v) is 13.1.